The van der Waals surface area contributed by atoms with E-state index in [0.29, 0.717) is 31.2 Å². The fourth-order valence-electron chi connectivity index (χ4n) is 3.68. The van der Waals surface area contributed by atoms with E-state index >= 15 is 0 Å². The van der Waals surface area contributed by atoms with E-state index in [1.807, 2.05) is 35.2 Å². The standard InChI is InChI=1S/C22H28N2O4/c1-26-12-10-23-15-21(25)24-11-9-17-13-19(27-2)20(28-3)14-18(17)22(24)16-7-5-4-6-8-16/h4-8,13-14,22-23H,9-12,15H2,1-3H3. The molecule has 1 heterocycles. The number of amides is 1. The maximum atomic E-state index is 13.0. The lowest BCUT2D eigenvalue weighted by molar-refractivity contribution is -0.132. The number of hydrogen-bond acceptors (Lipinski definition) is 5. The van der Waals surface area contributed by atoms with Crippen molar-refractivity contribution in [1.29, 1.82) is 0 Å². The highest BCUT2D eigenvalue weighted by Crippen LogP contribution is 2.40. The summed E-state index contributed by atoms with van der Waals surface area (Å²) in [6.07, 6.45) is 0.781. The van der Waals surface area contributed by atoms with E-state index in [1.165, 1.54) is 5.56 Å². The first-order valence-corrected chi connectivity index (χ1v) is 9.48. The Hall–Kier alpha value is -2.57. The van der Waals surface area contributed by atoms with E-state index in [-0.39, 0.29) is 18.5 Å². The summed E-state index contributed by atoms with van der Waals surface area (Å²) >= 11 is 0. The minimum atomic E-state index is -0.151. The predicted molar refractivity (Wildman–Crippen MR) is 108 cm³/mol. The van der Waals surface area contributed by atoms with Crippen LogP contribution in [0.15, 0.2) is 42.5 Å². The molecule has 1 amide bonds. The van der Waals surface area contributed by atoms with Crippen LogP contribution in [0.1, 0.15) is 22.7 Å². The van der Waals surface area contributed by atoms with Crippen LogP contribution in [-0.2, 0) is 16.0 Å². The highest BCUT2D eigenvalue weighted by atomic mass is 16.5. The molecule has 0 radical (unpaired) electrons. The van der Waals surface area contributed by atoms with Gasteiger partial charge >= 0.3 is 0 Å². The number of rotatable bonds is 8. The number of benzene rings is 2. The lowest BCUT2D eigenvalue weighted by atomic mass is 9.87. The van der Waals surface area contributed by atoms with Crippen LogP contribution in [0.25, 0.3) is 0 Å². The Morgan fingerprint density at radius 1 is 1.11 bits per heavy atom. The monoisotopic (exact) mass is 384 g/mol. The molecule has 150 valence electrons. The molecule has 0 saturated heterocycles. The van der Waals surface area contributed by atoms with Crippen LogP contribution in [0.4, 0.5) is 0 Å². The van der Waals surface area contributed by atoms with Crippen LogP contribution in [0, 0.1) is 0 Å². The Morgan fingerprint density at radius 2 is 1.82 bits per heavy atom. The van der Waals surface area contributed by atoms with Gasteiger partial charge in [0.1, 0.15) is 0 Å². The van der Waals surface area contributed by atoms with Crippen LogP contribution in [-0.4, -0.2) is 58.4 Å². The van der Waals surface area contributed by atoms with Crippen LogP contribution in [0.3, 0.4) is 0 Å². The second-order valence-corrected chi connectivity index (χ2v) is 6.73. The van der Waals surface area contributed by atoms with Crippen molar-refractivity contribution in [2.45, 2.75) is 12.5 Å². The van der Waals surface area contributed by atoms with E-state index in [0.717, 1.165) is 17.5 Å². The zero-order chi connectivity index (χ0) is 19.9. The SMILES string of the molecule is COCCNCC(=O)N1CCc2cc(OC)c(OC)cc2C1c1ccccc1. The zero-order valence-corrected chi connectivity index (χ0v) is 16.7. The second-order valence-electron chi connectivity index (χ2n) is 6.73. The Bertz CT molecular complexity index is 795. The number of fused-ring (bicyclic) bond motifs is 1. The highest BCUT2D eigenvalue weighted by Gasteiger charge is 2.33. The van der Waals surface area contributed by atoms with Crippen LogP contribution in [0.5, 0.6) is 11.5 Å². The lowest BCUT2D eigenvalue weighted by Crippen LogP contribution is -2.45. The van der Waals surface area contributed by atoms with Gasteiger partial charge in [0.25, 0.3) is 0 Å². The van der Waals surface area contributed by atoms with E-state index in [4.69, 9.17) is 14.2 Å². The summed E-state index contributed by atoms with van der Waals surface area (Å²) in [5.74, 6) is 1.47. The van der Waals surface area contributed by atoms with E-state index < -0.39 is 0 Å². The smallest absolute Gasteiger partial charge is 0.237 e. The summed E-state index contributed by atoms with van der Waals surface area (Å²) in [6, 6.07) is 14.0. The molecule has 28 heavy (non-hydrogen) atoms. The fourth-order valence-corrected chi connectivity index (χ4v) is 3.68. The van der Waals surface area contributed by atoms with Crippen molar-refractivity contribution in [3.8, 4) is 11.5 Å². The minimum Gasteiger partial charge on any atom is -0.493 e. The van der Waals surface area contributed by atoms with E-state index in [9.17, 15) is 4.79 Å². The van der Waals surface area contributed by atoms with Gasteiger partial charge in [-0.3, -0.25) is 4.79 Å². The first kappa shape index (κ1) is 20.2. The molecule has 6 nitrogen and oxygen atoms in total. The molecule has 0 bridgehead atoms. The van der Waals surface area contributed by atoms with Gasteiger partial charge in [-0.2, -0.15) is 0 Å². The van der Waals surface area contributed by atoms with Gasteiger partial charge in [-0.25, -0.2) is 0 Å². The maximum Gasteiger partial charge on any atom is 0.237 e. The van der Waals surface area contributed by atoms with Gasteiger partial charge in [0.2, 0.25) is 5.91 Å². The van der Waals surface area contributed by atoms with E-state index in [2.05, 4.69) is 17.4 Å². The Kier molecular flexibility index (Phi) is 6.90. The highest BCUT2D eigenvalue weighted by molar-refractivity contribution is 5.80. The lowest BCUT2D eigenvalue weighted by Gasteiger charge is -2.38. The van der Waals surface area contributed by atoms with Crippen LogP contribution >= 0.6 is 0 Å². The molecule has 3 rings (SSSR count). The molecule has 1 aliphatic rings. The van der Waals surface area contributed by atoms with Gasteiger partial charge in [0.05, 0.1) is 33.4 Å². The van der Waals surface area contributed by atoms with Crippen LogP contribution < -0.4 is 14.8 Å². The molecule has 2 aromatic carbocycles. The first-order valence-electron chi connectivity index (χ1n) is 9.48. The average Bonchev–Trinajstić information content (AvgIpc) is 2.75. The number of nitrogens with one attached hydrogen (secondary N) is 1. The predicted octanol–water partition coefficient (Wildman–Crippen LogP) is 2.41. The molecule has 0 aromatic heterocycles. The summed E-state index contributed by atoms with van der Waals surface area (Å²) in [6.45, 7) is 2.17. The van der Waals surface area contributed by atoms with Crippen molar-refractivity contribution >= 4 is 5.91 Å². The van der Waals surface area contributed by atoms with Crippen molar-refractivity contribution in [2.75, 3.05) is 47.6 Å². The number of carbonyl (C=O) groups excluding carboxylic acids is 1. The molecular weight excluding hydrogens is 356 g/mol. The molecule has 1 aliphatic heterocycles. The van der Waals surface area contributed by atoms with Gasteiger partial charge in [-0.15, -0.1) is 0 Å². The molecular formula is C22H28N2O4. The van der Waals surface area contributed by atoms with Crippen molar-refractivity contribution in [1.82, 2.24) is 10.2 Å². The largest absolute Gasteiger partial charge is 0.493 e. The van der Waals surface area contributed by atoms with Crippen molar-refractivity contribution in [2.24, 2.45) is 0 Å². The molecule has 1 unspecified atom stereocenters. The fraction of sp³-hybridized carbons (Fsp3) is 0.409. The molecule has 1 atom stereocenters. The first-order chi connectivity index (χ1) is 13.7. The number of ether oxygens (including phenoxy) is 3. The second kappa shape index (κ2) is 9.57. The number of carbonyl (C=O) groups is 1. The number of methoxy groups -OCH3 is 3. The van der Waals surface area contributed by atoms with Gasteiger partial charge in [0, 0.05) is 20.2 Å². The van der Waals surface area contributed by atoms with Gasteiger partial charge < -0.3 is 24.4 Å². The van der Waals surface area contributed by atoms with Crippen molar-refractivity contribution in [3.63, 3.8) is 0 Å². The summed E-state index contributed by atoms with van der Waals surface area (Å²) in [7, 11) is 4.93. The molecule has 1 N–H and O–H groups in total. The summed E-state index contributed by atoms with van der Waals surface area (Å²) in [5.41, 5.74) is 3.35. The Labute approximate surface area is 166 Å². The van der Waals surface area contributed by atoms with Gasteiger partial charge in [0.15, 0.2) is 11.5 Å². The van der Waals surface area contributed by atoms with Crippen molar-refractivity contribution in [3.05, 3.63) is 59.2 Å². The maximum absolute atomic E-state index is 13.0. The molecule has 0 fully saturated rings. The Morgan fingerprint density at radius 3 is 2.50 bits per heavy atom. The quantitative estimate of drug-likeness (QED) is 0.709. The molecule has 0 aliphatic carbocycles. The zero-order valence-electron chi connectivity index (χ0n) is 16.7. The van der Waals surface area contributed by atoms with Crippen molar-refractivity contribution < 1.29 is 19.0 Å². The summed E-state index contributed by atoms with van der Waals surface area (Å²) in [5, 5.41) is 3.16. The number of hydrogen-bond donors (Lipinski definition) is 1. The minimum absolute atomic E-state index is 0.0744. The van der Waals surface area contributed by atoms with Crippen LogP contribution in [0.2, 0.25) is 0 Å². The third kappa shape index (κ3) is 4.29. The normalized spacial score (nSPS) is 15.8. The Balaban J connectivity index is 1.95. The summed E-state index contributed by atoms with van der Waals surface area (Å²) in [4.78, 5) is 14.9. The number of nitrogens with zero attached hydrogens (tertiary/aromatic N) is 1. The van der Waals surface area contributed by atoms with Gasteiger partial charge in [-0.1, -0.05) is 30.3 Å². The third-order valence-corrected chi connectivity index (χ3v) is 5.07. The molecule has 0 saturated carbocycles. The topological polar surface area (TPSA) is 60.0 Å². The van der Waals surface area contributed by atoms with E-state index in [1.54, 1.807) is 21.3 Å². The molecule has 2 aromatic rings. The van der Waals surface area contributed by atoms with Gasteiger partial charge in [-0.05, 0) is 35.2 Å². The third-order valence-electron chi connectivity index (χ3n) is 5.07. The molecule has 6 heteroatoms. The average molecular weight is 384 g/mol. The summed E-state index contributed by atoms with van der Waals surface area (Å²) < 4.78 is 16.0. The molecule has 0 spiro atoms.